The number of hydrogen-bond donors (Lipinski definition) is 0. The third kappa shape index (κ3) is 4.57. The van der Waals surface area contributed by atoms with Gasteiger partial charge in [-0.2, -0.15) is 0 Å². The Morgan fingerprint density at radius 3 is 1.46 bits per heavy atom. The van der Waals surface area contributed by atoms with Crippen LogP contribution < -0.4 is 0 Å². The van der Waals surface area contributed by atoms with Gasteiger partial charge in [0.05, 0.1) is 45.2 Å². The fraction of sp³-hybridized carbons (Fsp3) is 0.0455. The van der Waals surface area contributed by atoms with Crippen molar-refractivity contribution >= 4 is 55.4 Å². The van der Waals surface area contributed by atoms with Crippen molar-refractivity contribution in [1.82, 2.24) is 24.1 Å². The first-order valence-electron chi connectivity index (χ1n) is 16.9. The van der Waals surface area contributed by atoms with E-state index in [1.165, 1.54) is 21.5 Å². The minimum atomic E-state index is -0.0507. The van der Waals surface area contributed by atoms with E-state index in [9.17, 15) is 0 Å². The second kappa shape index (κ2) is 11.5. The zero-order chi connectivity index (χ0) is 33.0. The van der Waals surface area contributed by atoms with Crippen molar-refractivity contribution in [3.63, 3.8) is 0 Å². The molecule has 0 N–H and O–H groups in total. The molecule has 1 aliphatic heterocycles. The van der Waals surface area contributed by atoms with Crippen LogP contribution in [0.25, 0.3) is 72.1 Å². The summed E-state index contributed by atoms with van der Waals surface area (Å²) in [6.07, 6.45) is 6.83. The van der Waals surface area contributed by atoms with Crippen LogP contribution in [0.1, 0.15) is 23.9 Å². The van der Waals surface area contributed by atoms with Crippen molar-refractivity contribution in [2.45, 2.75) is 12.5 Å². The maximum absolute atomic E-state index is 5.12. The molecule has 6 heteroatoms. The number of aromatic nitrogens is 5. The fourth-order valence-corrected chi connectivity index (χ4v) is 7.40. The number of dihydropyridines is 1. The van der Waals surface area contributed by atoms with Crippen molar-refractivity contribution in [2.75, 3.05) is 0 Å². The number of fused-ring (bicyclic) bond motifs is 6. The summed E-state index contributed by atoms with van der Waals surface area (Å²) < 4.78 is 4.49. The minimum absolute atomic E-state index is 0.0507. The molecule has 50 heavy (non-hydrogen) atoms. The summed E-state index contributed by atoms with van der Waals surface area (Å²) in [6, 6.07) is 50.5. The van der Waals surface area contributed by atoms with E-state index in [-0.39, 0.29) is 6.04 Å². The van der Waals surface area contributed by atoms with E-state index in [0.717, 1.165) is 68.3 Å². The molecule has 0 amide bonds. The zero-order valence-electron chi connectivity index (χ0n) is 27.1. The zero-order valence-corrected chi connectivity index (χ0v) is 27.1. The van der Waals surface area contributed by atoms with Crippen LogP contribution >= 0.6 is 0 Å². The highest BCUT2D eigenvalue weighted by molar-refractivity contribution is 6.11. The molecule has 0 saturated carbocycles. The number of pyridine rings is 3. The van der Waals surface area contributed by atoms with E-state index in [2.05, 4.69) is 155 Å². The van der Waals surface area contributed by atoms with Gasteiger partial charge >= 0.3 is 0 Å². The van der Waals surface area contributed by atoms with Crippen LogP contribution in [-0.2, 0) is 0 Å². The molecule has 236 valence electrons. The molecule has 0 radical (unpaired) electrons. The normalized spacial score (nSPS) is 14.6. The molecule has 0 spiro atoms. The second-order valence-electron chi connectivity index (χ2n) is 12.7. The summed E-state index contributed by atoms with van der Waals surface area (Å²) in [6.45, 7) is 0. The van der Waals surface area contributed by atoms with Crippen molar-refractivity contribution < 1.29 is 0 Å². The molecule has 9 aromatic rings. The molecule has 1 atom stereocenters. The number of allylic oxidation sites excluding steroid dienone is 1. The van der Waals surface area contributed by atoms with Gasteiger partial charge in [-0.25, -0.2) is 9.97 Å². The van der Waals surface area contributed by atoms with E-state index < -0.39 is 0 Å². The van der Waals surface area contributed by atoms with Crippen molar-refractivity contribution in [3.05, 3.63) is 169 Å². The smallest absolute Gasteiger partial charge is 0.138 e. The third-order valence-corrected chi connectivity index (χ3v) is 9.76. The Kier molecular flexibility index (Phi) is 6.52. The topological polar surface area (TPSA) is 60.9 Å². The molecule has 6 heterocycles. The maximum Gasteiger partial charge on any atom is 0.138 e. The lowest BCUT2D eigenvalue weighted by Crippen LogP contribution is -2.06. The Hall–Kier alpha value is -6.66. The molecule has 6 nitrogen and oxygen atoms in total. The maximum atomic E-state index is 5.12. The van der Waals surface area contributed by atoms with Gasteiger partial charge in [0.15, 0.2) is 0 Å². The molecular weight excluding hydrogens is 613 g/mol. The van der Waals surface area contributed by atoms with Crippen molar-refractivity contribution in [3.8, 4) is 22.9 Å². The Balaban J connectivity index is 0.914. The molecule has 0 aliphatic carbocycles. The van der Waals surface area contributed by atoms with E-state index in [4.69, 9.17) is 19.9 Å². The average Bonchev–Trinajstić information content (AvgIpc) is 3.71. The summed E-state index contributed by atoms with van der Waals surface area (Å²) in [7, 11) is 0. The average molecular weight is 643 g/mol. The van der Waals surface area contributed by atoms with Crippen LogP contribution in [0.5, 0.6) is 0 Å². The lowest BCUT2D eigenvalue weighted by molar-refractivity contribution is 0.715. The van der Waals surface area contributed by atoms with Gasteiger partial charge in [0.1, 0.15) is 11.6 Å². The Morgan fingerprint density at radius 1 is 0.480 bits per heavy atom. The first kappa shape index (κ1) is 28.4. The van der Waals surface area contributed by atoms with Gasteiger partial charge in [0.2, 0.25) is 0 Å². The Labute approximate surface area is 288 Å². The van der Waals surface area contributed by atoms with Gasteiger partial charge in [-0.1, -0.05) is 91.0 Å². The predicted octanol–water partition coefficient (Wildman–Crippen LogP) is 10.3. The highest BCUT2D eigenvalue weighted by Gasteiger charge is 2.18. The predicted molar refractivity (Wildman–Crippen MR) is 204 cm³/mol. The first-order valence-corrected chi connectivity index (χ1v) is 16.9. The van der Waals surface area contributed by atoms with Crippen molar-refractivity contribution in [1.29, 1.82) is 0 Å². The van der Waals surface area contributed by atoms with Crippen LogP contribution in [0, 0.1) is 0 Å². The Bertz CT molecular complexity index is 2690. The standard InChI is InChI=1S/C44H30N6/c1-5-17-39-31(11-1)32-12-2-6-18-40(32)49(39)43-21-9-15-35(47-43)29-23-25-37(45-27-29)38-26-24-30(28-46-38)36-16-10-22-44(48-36)50-41-19-7-3-13-33(41)34-14-4-8-20-42(34)50/h1-25,27-28,38H,26H2. The van der Waals surface area contributed by atoms with Gasteiger partial charge in [-0.05, 0) is 67.1 Å². The molecule has 10 rings (SSSR count). The molecule has 4 aromatic carbocycles. The van der Waals surface area contributed by atoms with E-state index in [1.807, 2.05) is 18.5 Å². The van der Waals surface area contributed by atoms with E-state index in [1.54, 1.807) is 0 Å². The molecular formula is C44H30N6. The minimum Gasteiger partial charge on any atom is -0.294 e. The second-order valence-corrected chi connectivity index (χ2v) is 12.7. The van der Waals surface area contributed by atoms with Crippen molar-refractivity contribution in [2.24, 2.45) is 4.99 Å². The van der Waals surface area contributed by atoms with Gasteiger partial charge in [-0.3, -0.25) is 19.1 Å². The summed E-state index contributed by atoms with van der Waals surface area (Å²) in [4.78, 5) is 20.0. The van der Waals surface area contributed by atoms with Crippen LogP contribution in [-0.4, -0.2) is 30.3 Å². The Morgan fingerprint density at radius 2 is 0.980 bits per heavy atom. The molecule has 5 aromatic heterocycles. The number of hydrogen-bond acceptors (Lipinski definition) is 4. The lowest BCUT2D eigenvalue weighted by atomic mass is 10.0. The summed E-state index contributed by atoms with van der Waals surface area (Å²) in [5, 5.41) is 4.89. The first-order chi connectivity index (χ1) is 24.8. The molecule has 1 aliphatic rings. The summed E-state index contributed by atoms with van der Waals surface area (Å²) in [5.41, 5.74) is 9.29. The lowest BCUT2D eigenvalue weighted by Gasteiger charge is -2.16. The number of para-hydroxylation sites is 4. The fourth-order valence-electron chi connectivity index (χ4n) is 7.40. The monoisotopic (exact) mass is 642 g/mol. The molecule has 1 unspecified atom stereocenters. The highest BCUT2D eigenvalue weighted by atomic mass is 15.1. The van der Waals surface area contributed by atoms with Gasteiger partial charge in [-0.15, -0.1) is 0 Å². The number of nitrogens with zero attached hydrogens (tertiary/aromatic N) is 6. The number of aliphatic imine (C=N–C) groups is 1. The third-order valence-electron chi connectivity index (χ3n) is 9.76. The number of benzene rings is 4. The summed E-state index contributed by atoms with van der Waals surface area (Å²) >= 11 is 0. The molecule has 0 saturated heterocycles. The van der Waals surface area contributed by atoms with Crippen LogP contribution in [0.15, 0.2) is 163 Å². The number of rotatable bonds is 5. The van der Waals surface area contributed by atoms with Crippen LogP contribution in [0.4, 0.5) is 0 Å². The van der Waals surface area contributed by atoms with Gasteiger partial charge < -0.3 is 0 Å². The van der Waals surface area contributed by atoms with E-state index >= 15 is 0 Å². The van der Waals surface area contributed by atoms with Crippen LogP contribution in [0.2, 0.25) is 0 Å². The molecule has 0 fully saturated rings. The van der Waals surface area contributed by atoms with Gasteiger partial charge in [0.25, 0.3) is 0 Å². The van der Waals surface area contributed by atoms with E-state index in [0.29, 0.717) is 0 Å². The highest BCUT2D eigenvalue weighted by Crippen LogP contribution is 2.34. The quantitative estimate of drug-likeness (QED) is 0.188. The SMILES string of the molecule is C1=NC(c2ccc(-c3cccc(-n4c5ccccc5c5ccccc54)n3)cn2)CC=C1c1cccc(-n2c3ccccc3c3ccccc32)n1. The largest absolute Gasteiger partial charge is 0.294 e. The summed E-state index contributed by atoms with van der Waals surface area (Å²) in [5.74, 6) is 1.78. The van der Waals surface area contributed by atoms with Gasteiger partial charge in [0, 0.05) is 45.1 Å². The molecule has 0 bridgehead atoms. The van der Waals surface area contributed by atoms with Crippen LogP contribution in [0.3, 0.4) is 0 Å².